The molecular weight excluding hydrogens is 308 g/mol. The van der Waals surface area contributed by atoms with Crippen molar-refractivity contribution in [3.05, 3.63) is 29.8 Å². The molecule has 0 heterocycles. The Balaban J connectivity index is 0.00000484. The number of carbonyl (C=O) groups is 2. The molecule has 0 fully saturated rings. The molecule has 1 unspecified atom stereocenters. The molecular formula is C17H23FNNaO3. The van der Waals surface area contributed by atoms with Crippen LogP contribution in [0.15, 0.2) is 24.3 Å². The second-order valence-corrected chi connectivity index (χ2v) is 5.40. The van der Waals surface area contributed by atoms with Gasteiger partial charge in [0.05, 0.1) is 5.97 Å². The van der Waals surface area contributed by atoms with Crippen molar-refractivity contribution in [1.29, 1.82) is 0 Å². The van der Waals surface area contributed by atoms with Crippen molar-refractivity contribution in [1.82, 2.24) is 0 Å². The van der Waals surface area contributed by atoms with E-state index in [4.69, 9.17) is 0 Å². The number of anilines is 1. The summed E-state index contributed by atoms with van der Waals surface area (Å²) in [6, 6.07) is 5.69. The van der Waals surface area contributed by atoms with Gasteiger partial charge in [0.15, 0.2) is 0 Å². The first-order valence-corrected chi connectivity index (χ1v) is 7.78. The number of alkyl halides is 1. The zero-order chi connectivity index (χ0) is 16.4. The molecule has 0 radical (unpaired) electrons. The average Bonchev–Trinajstić information content (AvgIpc) is 2.50. The van der Waals surface area contributed by atoms with Crippen LogP contribution in [0.5, 0.6) is 0 Å². The summed E-state index contributed by atoms with van der Waals surface area (Å²) in [5, 5.41) is 13.2. The van der Waals surface area contributed by atoms with E-state index in [1.54, 1.807) is 0 Å². The van der Waals surface area contributed by atoms with Gasteiger partial charge >= 0.3 is 29.6 Å². The molecule has 1 amide bonds. The first-order chi connectivity index (χ1) is 10.5. The van der Waals surface area contributed by atoms with Gasteiger partial charge in [0, 0.05) is 12.1 Å². The Kier molecular flexibility index (Phi) is 12.0. The molecule has 1 aromatic rings. The van der Waals surface area contributed by atoms with E-state index in [9.17, 15) is 19.1 Å². The summed E-state index contributed by atoms with van der Waals surface area (Å²) in [6.45, 7) is 2.11. The van der Waals surface area contributed by atoms with Crippen LogP contribution >= 0.6 is 0 Å². The molecule has 6 heteroatoms. The van der Waals surface area contributed by atoms with Crippen molar-refractivity contribution in [2.24, 2.45) is 0 Å². The van der Waals surface area contributed by atoms with Crippen molar-refractivity contribution >= 4 is 17.6 Å². The summed E-state index contributed by atoms with van der Waals surface area (Å²) in [7, 11) is 0. The average molecular weight is 331 g/mol. The number of halogens is 1. The third-order valence-electron chi connectivity index (χ3n) is 3.46. The van der Waals surface area contributed by atoms with Crippen LogP contribution in [-0.2, 0) is 4.79 Å². The SMILES string of the molecule is CCCCCCC(F)CCC(=O)Nc1ccc(C(=O)[O-])cc1.[Na+]. The fraction of sp³-hybridized carbons (Fsp3) is 0.529. The van der Waals surface area contributed by atoms with E-state index >= 15 is 0 Å². The minimum Gasteiger partial charge on any atom is -0.545 e. The molecule has 1 rings (SSSR count). The van der Waals surface area contributed by atoms with Crippen molar-refractivity contribution in [2.75, 3.05) is 5.32 Å². The standard InChI is InChI=1S/C17H24FNO3.Na/c1-2-3-4-5-6-14(18)9-12-16(20)19-15-10-7-13(8-11-15)17(21)22;/h7-8,10-11,14H,2-6,9,12H2,1H3,(H,19,20)(H,21,22);/q;+1/p-1. The maximum absolute atomic E-state index is 13.6. The van der Waals surface area contributed by atoms with Gasteiger partial charge in [-0.2, -0.15) is 0 Å². The molecule has 0 aliphatic rings. The Labute approximate surface area is 159 Å². The molecule has 1 N–H and O–H groups in total. The van der Waals surface area contributed by atoms with Crippen LogP contribution in [0.1, 0.15) is 62.2 Å². The van der Waals surface area contributed by atoms with Crippen molar-refractivity contribution in [3.63, 3.8) is 0 Å². The predicted molar refractivity (Wildman–Crippen MR) is 82.3 cm³/mol. The largest absolute Gasteiger partial charge is 1.00 e. The van der Waals surface area contributed by atoms with E-state index in [0.29, 0.717) is 12.1 Å². The quantitative estimate of drug-likeness (QED) is 0.488. The second kappa shape index (κ2) is 12.5. The molecule has 1 atom stereocenters. The maximum atomic E-state index is 13.6. The van der Waals surface area contributed by atoms with Gasteiger partial charge in [-0.15, -0.1) is 0 Å². The minimum atomic E-state index is -1.26. The molecule has 0 aliphatic heterocycles. The molecule has 4 nitrogen and oxygen atoms in total. The molecule has 0 spiro atoms. The fourth-order valence-electron chi connectivity index (χ4n) is 2.14. The summed E-state index contributed by atoms with van der Waals surface area (Å²) >= 11 is 0. The number of rotatable bonds is 10. The zero-order valence-electron chi connectivity index (χ0n) is 13.9. The molecule has 0 saturated heterocycles. The number of benzene rings is 1. The van der Waals surface area contributed by atoms with Crippen LogP contribution in [0.3, 0.4) is 0 Å². The Morgan fingerprint density at radius 1 is 1.13 bits per heavy atom. The van der Waals surface area contributed by atoms with Crippen LogP contribution in [0, 0.1) is 0 Å². The van der Waals surface area contributed by atoms with E-state index in [0.717, 1.165) is 25.7 Å². The molecule has 0 bridgehead atoms. The first kappa shape index (κ1) is 22.1. The van der Waals surface area contributed by atoms with Crippen LogP contribution in [0.4, 0.5) is 10.1 Å². The monoisotopic (exact) mass is 331 g/mol. The maximum Gasteiger partial charge on any atom is 1.00 e. The smallest absolute Gasteiger partial charge is 0.545 e. The van der Waals surface area contributed by atoms with E-state index in [1.807, 2.05) is 0 Å². The number of carboxylic acid groups (broad SMARTS) is 1. The van der Waals surface area contributed by atoms with Crippen molar-refractivity contribution < 1.29 is 48.6 Å². The molecule has 23 heavy (non-hydrogen) atoms. The Hall–Kier alpha value is -0.910. The number of carboxylic acids is 1. The Bertz CT molecular complexity index is 479. The van der Waals surface area contributed by atoms with E-state index < -0.39 is 12.1 Å². The van der Waals surface area contributed by atoms with Gasteiger partial charge in [0.25, 0.3) is 0 Å². The summed E-state index contributed by atoms with van der Waals surface area (Å²) < 4.78 is 13.6. The molecule has 1 aromatic carbocycles. The number of hydrogen-bond donors (Lipinski definition) is 1. The minimum absolute atomic E-state index is 0. The Morgan fingerprint density at radius 2 is 1.78 bits per heavy atom. The fourth-order valence-corrected chi connectivity index (χ4v) is 2.14. The van der Waals surface area contributed by atoms with E-state index in [-0.39, 0.29) is 53.9 Å². The van der Waals surface area contributed by atoms with E-state index in [2.05, 4.69) is 12.2 Å². The molecule has 0 aliphatic carbocycles. The predicted octanol–water partition coefficient (Wildman–Crippen LogP) is 0.0813. The van der Waals surface area contributed by atoms with Gasteiger partial charge in [-0.25, -0.2) is 4.39 Å². The van der Waals surface area contributed by atoms with Crippen LogP contribution < -0.4 is 40.0 Å². The molecule has 122 valence electrons. The number of unbranched alkanes of at least 4 members (excludes halogenated alkanes) is 3. The molecule has 0 aromatic heterocycles. The second-order valence-electron chi connectivity index (χ2n) is 5.40. The van der Waals surface area contributed by atoms with Gasteiger partial charge in [-0.05, 0) is 30.5 Å². The third-order valence-corrected chi connectivity index (χ3v) is 3.46. The van der Waals surface area contributed by atoms with E-state index in [1.165, 1.54) is 24.3 Å². The number of nitrogens with one attached hydrogen (secondary N) is 1. The molecule has 0 saturated carbocycles. The summed E-state index contributed by atoms with van der Waals surface area (Å²) in [5.74, 6) is -1.53. The summed E-state index contributed by atoms with van der Waals surface area (Å²) in [4.78, 5) is 22.3. The first-order valence-electron chi connectivity index (χ1n) is 7.78. The topological polar surface area (TPSA) is 69.2 Å². The summed E-state index contributed by atoms with van der Waals surface area (Å²) in [5.41, 5.74) is 0.544. The number of hydrogen-bond acceptors (Lipinski definition) is 3. The number of aromatic carboxylic acids is 1. The zero-order valence-corrected chi connectivity index (χ0v) is 15.9. The van der Waals surface area contributed by atoms with Crippen LogP contribution in [0.25, 0.3) is 0 Å². The van der Waals surface area contributed by atoms with Gasteiger partial charge < -0.3 is 15.2 Å². The normalized spacial score (nSPS) is 11.4. The van der Waals surface area contributed by atoms with Crippen molar-refractivity contribution in [2.45, 2.75) is 58.0 Å². The van der Waals surface area contributed by atoms with Crippen LogP contribution in [-0.4, -0.2) is 18.0 Å². The van der Waals surface area contributed by atoms with Gasteiger partial charge in [-0.3, -0.25) is 4.79 Å². The van der Waals surface area contributed by atoms with Gasteiger partial charge in [0.1, 0.15) is 6.17 Å². The van der Waals surface area contributed by atoms with Crippen LogP contribution in [0.2, 0.25) is 0 Å². The van der Waals surface area contributed by atoms with Crippen molar-refractivity contribution in [3.8, 4) is 0 Å². The summed E-state index contributed by atoms with van der Waals surface area (Å²) in [6.07, 6.45) is 4.04. The van der Waals surface area contributed by atoms with Gasteiger partial charge in [0.2, 0.25) is 5.91 Å². The van der Waals surface area contributed by atoms with Gasteiger partial charge in [-0.1, -0.05) is 44.7 Å². The number of amides is 1. The third kappa shape index (κ3) is 9.74. The Morgan fingerprint density at radius 3 is 2.35 bits per heavy atom. The number of carbonyl (C=O) groups excluding carboxylic acids is 2.